The Labute approximate surface area is 244 Å². The lowest BCUT2D eigenvalue weighted by molar-refractivity contribution is -0.141. The molecule has 0 fully saturated rings. The average Bonchev–Trinajstić information content (AvgIpc) is 2.99. The molecule has 0 spiro atoms. The molecule has 3 aromatic rings. The van der Waals surface area contributed by atoms with Crippen molar-refractivity contribution in [2.24, 2.45) is 0 Å². The largest absolute Gasteiger partial charge is 0.461 e. The average molecular weight is 572 g/mol. The number of nitrogens with one attached hydrogen (secondary N) is 1. The summed E-state index contributed by atoms with van der Waals surface area (Å²) in [6.07, 6.45) is 2.36. The molecule has 0 saturated carbocycles. The van der Waals surface area contributed by atoms with Crippen LogP contribution in [-0.4, -0.2) is 36.7 Å². The second-order valence-electron chi connectivity index (χ2n) is 9.27. The summed E-state index contributed by atoms with van der Waals surface area (Å²) < 4.78 is 17.2. The number of benzene rings is 2. The number of ether oxygens (including phenoxy) is 3. The van der Waals surface area contributed by atoms with Crippen molar-refractivity contribution >= 4 is 23.5 Å². The van der Waals surface area contributed by atoms with E-state index in [1.54, 1.807) is 37.4 Å². The van der Waals surface area contributed by atoms with Gasteiger partial charge in [-0.2, -0.15) is 5.26 Å². The standard InChI is InChI=1S/C32H30ClN3O5/c1-22-28(31(37)40-17-8-15-34)29(24-11-7-12-25(33)19-24)30(32(38)41-20-23-9-3-2-4-10-23)27(36-22)21-39-18-14-26-13-5-6-16-35-26/h2-7,9-13,16,19,29,36H,8,14,17-18,20-21H2,1H3. The van der Waals surface area contributed by atoms with E-state index in [0.717, 1.165) is 11.3 Å². The van der Waals surface area contributed by atoms with Gasteiger partial charge in [0.25, 0.3) is 0 Å². The van der Waals surface area contributed by atoms with Crippen LogP contribution in [0, 0.1) is 11.3 Å². The highest BCUT2D eigenvalue weighted by molar-refractivity contribution is 6.30. The highest BCUT2D eigenvalue weighted by Gasteiger charge is 2.39. The van der Waals surface area contributed by atoms with Crippen LogP contribution in [0.2, 0.25) is 5.02 Å². The number of pyridine rings is 1. The molecule has 1 unspecified atom stereocenters. The molecule has 9 heteroatoms. The summed E-state index contributed by atoms with van der Waals surface area (Å²) in [7, 11) is 0. The molecule has 1 atom stereocenters. The summed E-state index contributed by atoms with van der Waals surface area (Å²) in [6.45, 7) is 2.13. The molecule has 2 heterocycles. The number of carbonyl (C=O) groups excluding carboxylic acids is 2. The minimum absolute atomic E-state index is 0.0455. The number of nitrogens with zero attached hydrogens (tertiary/aromatic N) is 2. The molecule has 0 saturated heterocycles. The normalized spacial score (nSPS) is 14.7. The fourth-order valence-electron chi connectivity index (χ4n) is 4.51. The molecule has 0 bridgehead atoms. The van der Waals surface area contributed by atoms with Crippen molar-refractivity contribution in [2.75, 3.05) is 19.8 Å². The number of rotatable bonds is 12. The lowest BCUT2D eigenvalue weighted by atomic mass is 9.80. The number of carbonyl (C=O) groups is 2. The van der Waals surface area contributed by atoms with Gasteiger partial charge in [-0.3, -0.25) is 4.98 Å². The maximum Gasteiger partial charge on any atom is 0.337 e. The molecule has 2 aromatic carbocycles. The second kappa shape index (κ2) is 14.8. The molecule has 41 heavy (non-hydrogen) atoms. The van der Waals surface area contributed by atoms with Gasteiger partial charge in [0.2, 0.25) is 0 Å². The minimum atomic E-state index is -0.845. The summed E-state index contributed by atoms with van der Waals surface area (Å²) in [5, 5.41) is 12.6. The first-order valence-electron chi connectivity index (χ1n) is 13.2. The summed E-state index contributed by atoms with van der Waals surface area (Å²) in [6, 6.07) is 23.9. The Kier molecular flexibility index (Phi) is 10.7. The summed E-state index contributed by atoms with van der Waals surface area (Å²) in [4.78, 5) is 31.5. The van der Waals surface area contributed by atoms with Crippen LogP contribution >= 0.6 is 11.6 Å². The number of hydrogen-bond acceptors (Lipinski definition) is 8. The molecule has 210 valence electrons. The van der Waals surface area contributed by atoms with Crippen LogP contribution in [0.1, 0.15) is 36.1 Å². The molecule has 4 rings (SSSR count). The summed E-state index contributed by atoms with van der Waals surface area (Å²) in [5.74, 6) is -2.09. The van der Waals surface area contributed by atoms with Crippen molar-refractivity contribution in [3.05, 3.63) is 123 Å². The summed E-state index contributed by atoms with van der Waals surface area (Å²) >= 11 is 6.35. The Balaban J connectivity index is 1.68. The van der Waals surface area contributed by atoms with Gasteiger partial charge >= 0.3 is 11.9 Å². The van der Waals surface area contributed by atoms with E-state index in [-0.39, 0.29) is 37.4 Å². The van der Waals surface area contributed by atoms with Gasteiger partial charge in [0.05, 0.1) is 48.5 Å². The Morgan fingerprint density at radius 2 is 1.73 bits per heavy atom. The maximum absolute atomic E-state index is 13.8. The van der Waals surface area contributed by atoms with Crippen LogP contribution in [0.25, 0.3) is 0 Å². The van der Waals surface area contributed by atoms with E-state index < -0.39 is 17.9 Å². The minimum Gasteiger partial charge on any atom is -0.461 e. The van der Waals surface area contributed by atoms with Crippen molar-refractivity contribution in [1.82, 2.24) is 10.3 Å². The Bertz CT molecular complexity index is 1470. The monoisotopic (exact) mass is 571 g/mol. The van der Waals surface area contributed by atoms with Gasteiger partial charge in [0, 0.05) is 29.0 Å². The third-order valence-corrected chi connectivity index (χ3v) is 6.64. The van der Waals surface area contributed by atoms with Gasteiger partial charge < -0.3 is 19.5 Å². The molecule has 1 aliphatic rings. The van der Waals surface area contributed by atoms with Gasteiger partial charge in [-0.05, 0) is 42.3 Å². The lowest BCUT2D eigenvalue weighted by Gasteiger charge is -2.31. The molecule has 1 N–H and O–H groups in total. The van der Waals surface area contributed by atoms with Gasteiger partial charge in [-0.25, -0.2) is 9.59 Å². The van der Waals surface area contributed by atoms with Crippen molar-refractivity contribution in [3.8, 4) is 6.07 Å². The molecule has 0 aliphatic carbocycles. The predicted molar refractivity (Wildman–Crippen MR) is 153 cm³/mol. The lowest BCUT2D eigenvalue weighted by Crippen LogP contribution is -2.35. The van der Waals surface area contributed by atoms with Crippen LogP contribution in [0.5, 0.6) is 0 Å². The van der Waals surface area contributed by atoms with Crippen LogP contribution in [0.4, 0.5) is 0 Å². The van der Waals surface area contributed by atoms with Crippen LogP contribution in [0.3, 0.4) is 0 Å². The van der Waals surface area contributed by atoms with Crippen molar-refractivity contribution < 1.29 is 23.8 Å². The highest BCUT2D eigenvalue weighted by Crippen LogP contribution is 2.40. The van der Waals surface area contributed by atoms with Crippen molar-refractivity contribution in [3.63, 3.8) is 0 Å². The number of allylic oxidation sites excluding steroid dienone is 1. The fourth-order valence-corrected chi connectivity index (χ4v) is 4.71. The van der Waals surface area contributed by atoms with Gasteiger partial charge in [0.15, 0.2) is 0 Å². The van der Waals surface area contributed by atoms with Gasteiger partial charge in [0.1, 0.15) is 13.2 Å². The van der Waals surface area contributed by atoms with Crippen LogP contribution in [-0.2, 0) is 36.8 Å². The number of aromatic nitrogens is 1. The zero-order chi connectivity index (χ0) is 29.0. The Morgan fingerprint density at radius 3 is 2.46 bits per heavy atom. The quantitative estimate of drug-likeness (QED) is 0.227. The van der Waals surface area contributed by atoms with E-state index in [1.165, 1.54) is 0 Å². The highest BCUT2D eigenvalue weighted by atomic mass is 35.5. The molecular weight excluding hydrogens is 542 g/mol. The number of esters is 2. The maximum atomic E-state index is 13.8. The SMILES string of the molecule is CC1=C(C(=O)OCCC#N)C(c2cccc(Cl)c2)C(C(=O)OCc2ccccc2)=C(COCCc2ccccn2)N1. The number of dihydropyridines is 1. The van der Waals surface area contributed by atoms with Crippen molar-refractivity contribution in [2.45, 2.75) is 32.3 Å². The third kappa shape index (κ3) is 8.04. The van der Waals surface area contributed by atoms with Crippen molar-refractivity contribution in [1.29, 1.82) is 5.26 Å². The summed E-state index contributed by atoms with van der Waals surface area (Å²) in [5.41, 5.74) is 3.74. The van der Waals surface area contributed by atoms with Crippen LogP contribution < -0.4 is 5.32 Å². The van der Waals surface area contributed by atoms with E-state index in [1.807, 2.05) is 54.6 Å². The fraction of sp³-hybridized carbons (Fsp3) is 0.250. The predicted octanol–water partition coefficient (Wildman–Crippen LogP) is 5.41. The Hall–Kier alpha value is -4.45. The second-order valence-corrected chi connectivity index (χ2v) is 9.71. The van der Waals surface area contributed by atoms with E-state index >= 15 is 0 Å². The molecule has 0 radical (unpaired) electrons. The van der Waals surface area contributed by atoms with Gasteiger partial charge in [-0.15, -0.1) is 0 Å². The number of nitriles is 1. The first-order valence-corrected chi connectivity index (χ1v) is 13.5. The molecular formula is C32H30ClN3O5. The molecule has 8 nitrogen and oxygen atoms in total. The topological polar surface area (TPSA) is 111 Å². The molecule has 1 aliphatic heterocycles. The van der Waals surface area contributed by atoms with E-state index in [0.29, 0.717) is 35.0 Å². The first-order chi connectivity index (χ1) is 20.0. The first kappa shape index (κ1) is 29.5. The van der Waals surface area contributed by atoms with E-state index in [4.69, 9.17) is 31.1 Å². The zero-order valence-electron chi connectivity index (χ0n) is 22.6. The molecule has 0 amide bonds. The number of halogens is 1. The number of hydrogen-bond donors (Lipinski definition) is 1. The van der Waals surface area contributed by atoms with E-state index in [2.05, 4.69) is 10.3 Å². The van der Waals surface area contributed by atoms with Crippen LogP contribution in [0.15, 0.2) is 102 Å². The molecule has 1 aromatic heterocycles. The van der Waals surface area contributed by atoms with Gasteiger partial charge in [-0.1, -0.05) is 60.1 Å². The van der Waals surface area contributed by atoms with E-state index in [9.17, 15) is 9.59 Å². The smallest absolute Gasteiger partial charge is 0.337 e. The zero-order valence-corrected chi connectivity index (χ0v) is 23.4. The Morgan fingerprint density at radius 1 is 0.951 bits per heavy atom. The third-order valence-electron chi connectivity index (χ3n) is 6.40.